The zero-order chi connectivity index (χ0) is 17.0. The minimum Gasteiger partial charge on any atom is -0.373 e. The number of anilines is 2. The maximum absolute atomic E-state index is 12.2. The van der Waals surface area contributed by atoms with Crippen molar-refractivity contribution in [3.8, 4) is 0 Å². The molecule has 0 saturated heterocycles. The highest BCUT2D eigenvalue weighted by atomic mass is 16.3. The van der Waals surface area contributed by atoms with Gasteiger partial charge in [-0.3, -0.25) is 9.78 Å². The van der Waals surface area contributed by atoms with Crippen LogP contribution in [-0.4, -0.2) is 21.3 Å². The van der Waals surface area contributed by atoms with Crippen molar-refractivity contribution in [1.82, 2.24) is 9.97 Å². The second-order valence-corrected chi connectivity index (χ2v) is 5.72. The van der Waals surface area contributed by atoms with Crippen LogP contribution >= 0.6 is 0 Å². The quantitative estimate of drug-likeness (QED) is 0.713. The van der Waals surface area contributed by atoms with Gasteiger partial charge in [0.2, 0.25) is 0 Å². The number of unbranched alkanes of at least 4 members (excludes halogenated alkanes) is 1. The fraction of sp³-hybridized carbons (Fsp3) is 0.412. The Morgan fingerprint density at radius 1 is 1.22 bits per heavy atom. The number of nitrogens with zero attached hydrogens (tertiary/aromatic N) is 1. The van der Waals surface area contributed by atoms with Gasteiger partial charge in [-0.2, -0.15) is 0 Å². The first kappa shape index (κ1) is 17.0. The van der Waals surface area contributed by atoms with Gasteiger partial charge in [0.25, 0.3) is 5.56 Å². The molecule has 1 atom stereocenters. The van der Waals surface area contributed by atoms with Crippen LogP contribution in [0.3, 0.4) is 0 Å². The molecule has 1 aromatic heterocycles. The van der Waals surface area contributed by atoms with E-state index in [1.165, 1.54) is 6.20 Å². The summed E-state index contributed by atoms with van der Waals surface area (Å²) in [6.45, 7) is 6.02. The third kappa shape index (κ3) is 3.90. The van der Waals surface area contributed by atoms with E-state index in [2.05, 4.69) is 9.97 Å². The molecule has 0 aliphatic heterocycles. The van der Waals surface area contributed by atoms with Gasteiger partial charge in [-0.25, -0.2) is 4.79 Å². The van der Waals surface area contributed by atoms with E-state index in [-0.39, 0.29) is 5.69 Å². The average Bonchev–Trinajstić information content (AvgIpc) is 2.51. The molecule has 0 fully saturated rings. The van der Waals surface area contributed by atoms with Crippen molar-refractivity contribution in [3.63, 3.8) is 0 Å². The molecule has 0 spiro atoms. The summed E-state index contributed by atoms with van der Waals surface area (Å²) in [5.41, 5.74) is 2.04. The molecule has 0 saturated carbocycles. The topological polar surface area (TPSA) is 89.2 Å². The van der Waals surface area contributed by atoms with E-state index in [0.717, 1.165) is 24.0 Å². The van der Waals surface area contributed by atoms with Gasteiger partial charge in [-0.05, 0) is 49.9 Å². The molecular weight excluding hydrogens is 294 g/mol. The molecule has 3 N–H and O–H groups in total. The number of H-pyrrole nitrogens is 2. The van der Waals surface area contributed by atoms with Crippen molar-refractivity contribution in [2.24, 2.45) is 0 Å². The van der Waals surface area contributed by atoms with Crippen LogP contribution in [0.4, 0.5) is 11.4 Å². The number of hydrogen-bond donors (Lipinski definition) is 3. The Morgan fingerprint density at radius 2 is 1.96 bits per heavy atom. The maximum Gasteiger partial charge on any atom is 0.325 e. The van der Waals surface area contributed by atoms with Gasteiger partial charge in [0.15, 0.2) is 0 Å². The minimum atomic E-state index is -0.843. The lowest BCUT2D eigenvalue weighted by Gasteiger charge is -2.29. The summed E-state index contributed by atoms with van der Waals surface area (Å²) < 4.78 is 0. The van der Waals surface area contributed by atoms with Crippen LogP contribution in [0.25, 0.3) is 0 Å². The van der Waals surface area contributed by atoms with E-state index < -0.39 is 17.5 Å². The normalized spacial score (nSPS) is 12.2. The number of aromatic nitrogens is 2. The summed E-state index contributed by atoms with van der Waals surface area (Å²) in [6, 6.07) is 5.74. The van der Waals surface area contributed by atoms with Crippen molar-refractivity contribution in [1.29, 1.82) is 0 Å². The lowest BCUT2D eigenvalue weighted by atomic mass is 10.1. The standard InChI is InChI=1S/C17H23N3O3/c1-4-5-6-15(21)20(13-8-7-11(2)12(3)9-13)14-10-18-17(23)19-16(14)22/h7-10,15,21H,4-6H2,1-3H3,(H2,18,19,22,23). The summed E-state index contributed by atoms with van der Waals surface area (Å²) in [6.07, 6.45) is 2.81. The molecule has 0 bridgehead atoms. The first-order valence-corrected chi connectivity index (χ1v) is 7.80. The van der Waals surface area contributed by atoms with Gasteiger partial charge in [0.1, 0.15) is 11.9 Å². The molecule has 2 rings (SSSR count). The van der Waals surface area contributed by atoms with Gasteiger partial charge in [-0.1, -0.05) is 19.4 Å². The van der Waals surface area contributed by atoms with Crippen LogP contribution in [-0.2, 0) is 0 Å². The smallest absolute Gasteiger partial charge is 0.325 e. The molecule has 124 valence electrons. The SMILES string of the molecule is CCCCC(O)N(c1ccc(C)c(C)c1)c1c[nH]c(=O)[nH]c1=O. The third-order valence-electron chi connectivity index (χ3n) is 3.94. The van der Waals surface area contributed by atoms with Crippen LogP contribution in [0.15, 0.2) is 34.0 Å². The third-order valence-corrected chi connectivity index (χ3v) is 3.94. The first-order chi connectivity index (χ1) is 10.9. The van der Waals surface area contributed by atoms with Crippen LogP contribution in [0.2, 0.25) is 0 Å². The molecule has 1 heterocycles. The van der Waals surface area contributed by atoms with Crippen LogP contribution in [0.5, 0.6) is 0 Å². The summed E-state index contributed by atoms with van der Waals surface area (Å²) >= 11 is 0. The fourth-order valence-electron chi connectivity index (χ4n) is 2.44. The van der Waals surface area contributed by atoms with Gasteiger partial charge >= 0.3 is 5.69 Å². The van der Waals surface area contributed by atoms with Gasteiger partial charge in [0.05, 0.1) is 0 Å². The van der Waals surface area contributed by atoms with Crippen LogP contribution in [0.1, 0.15) is 37.3 Å². The number of rotatable bonds is 6. The summed E-state index contributed by atoms with van der Waals surface area (Å²) in [4.78, 5) is 29.6. The number of aliphatic hydroxyl groups excluding tert-OH is 1. The van der Waals surface area contributed by atoms with Crippen molar-refractivity contribution < 1.29 is 5.11 Å². The number of nitrogens with one attached hydrogen (secondary N) is 2. The first-order valence-electron chi connectivity index (χ1n) is 7.80. The summed E-state index contributed by atoms with van der Waals surface area (Å²) in [5, 5.41) is 10.6. The van der Waals surface area contributed by atoms with Crippen LogP contribution < -0.4 is 16.1 Å². The Balaban J connectivity index is 2.52. The minimum absolute atomic E-state index is 0.219. The van der Waals surface area contributed by atoms with Gasteiger partial charge in [0, 0.05) is 11.9 Å². The molecular formula is C17H23N3O3. The molecule has 0 aliphatic rings. The summed E-state index contributed by atoms with van der Waals surface area (Å²) in [7, 11) is 0. The van der Waals surface area contributed by atoms with Crippen LogP contribution in [0, 0.1) is 13.8 Å². The molecule has 1 unspecified atom stereocenters. The van der Waals surface area contributed by atoms with Crippen molar-refractivity contribution in [2.75, 3.05) is 4.90 Å². The lowest BCUT2D eigenvalue weighted by Crippen LogP contribution is -2.37. The van der Waals surface area contributed by atoms with Crippen molar-refractivity contribution in [2.45, 2.75) is 46.3 Å². The van der Waals surface area contributed by atoms with E-state index in [0.29, 0.717) is 12.1 Å². The number of aryl methyl sites for hydroxylation is 2. The van der Waals surface area contributed by atoms with E-state index in [1.807, 2.05) is 39.0 Å². The predicted octanol–water partition coefficient (Wildman–Crippen LogP) is 2.33. The molecule has 6 heteroatoms. The Kier molecular flexibility index (Phi) is 5.39. The molecule has 6 nitrogen and oxygen atoms in total. The van der Waals surface area contributed by atoms with E-state index in [1.54, 1.807) is 4.90 Å². The number of aliphatic hydroxyl groups is 1. The Hall–Kier alpha value is -2.34. The Morgan fingerprint density at radius 3 is 2.57 bits per heavy atom. The Bertz CT molecular complexity index is 779. The summed E-state index contributed by atoms with van der Waals surface area (Å²) in [5.74, 6) is 0. The second kappa shape index (κ2) is 7.28. The van der Waals surface area contributed by atoms with Gasteiger partial charge in [-0.15, -0.1) is 0 Å². The van der Waals surface area contributed by atoms with Gasteiger partial charge < -0.3 is 15.0 Å². The van der Waals surface area contributed by atoms with E-state index in [9.17, 15) is 14.7 Å². The Labute approximate surface area is 134 Å². The number of benzene rings is 1. The maximum atomic E-state index is 12.2. The van der Waals surface area contributed by atoms with E-state index in [4.69, 9.17) is 0 Å². The highest BCUT2D eigenvalue weighted by molar-refractivity contribution is 5.63. The molecule has 1 aromatic carbocycles. The molecule has 23 heavy (non-hydrogen) atoms. The van der Waals surface area contributed by atoms with Crippen molar-refractivity contribution in [3.05, 3.63) is 56.4 Å². The fourth-order valence-corrected chi connectivity index (χ4v) is 2.44. The highest BCUT2D eigenvalue weighted by Gasteiger charge is 2.21. The molecule has 2 aromatic rings. The zero-order valence-corrected chi connectivity index (χ0v) is 13.7. The predicted molar refractivity (Wildman–Crippen MR) is 91.3 cm³/mol. The molecule has 0 radical (unpaired) electrons. The molecule has 0 amide bonds. The number of hydrogen-bond acceptors (Lipinski definition) is 4. The zero-order valence-electron chi connectivity index (χ0n) is 13.7. The van der Waals surface area contributed by atoms with Crippen molar-refractivity contribution >= 4 is 11.4 Å². The monoisotopic (exact) mass is 317 g/mol. The largest absolute Gasteiger partial charge is 0.373 e. The highest BCUT2D eigenvalue weighted by Crippen LogP contribution is 2.27. The average molecular weight is 317 g/mol. The number of aromatic amines is 2. The van der Waals surface area contributed by atoms with E-state index >= 15 is 0 Å². The molecule has 0 aliphatic carbocycles. The lowest BCUT2D eigenvalue weighted by molar-refractivity contribution is 0.167. The second-order valence-electron chi connectivity index (χ2n) is 5.72.